The molecule has 9 heteroatoms. The maximum Gasteiger partial charge on any atom is 0.255 e. The van der Waals surface area contributed by atoms with Crippen molar-refractivity contribution in [3.05, 3.63) is 52.0 Å². The number of primary amides is 1. The van der Waals surface area contributed by atoms with Gasteiger partial charge < -0.3 is 26.2 Å². The molecule has 1 aromatic rings. The number of amides is 1. The summed E-state index contributed by atoms with van der Waals surface area (Å²) in [6.07, 6.45) is 0.106. The van der Waals surface area contributed by atoms with E-state index in [2.05, 4.69) is 0 Å². The normalized spacial score (nSPS) is 38.1. The summed E-state index contributed by atoms with van der Waals surface area (Å²) in [5.74, 6) is -6.72. The van der Waals surface area contributed by atoms with E-state index in [0.717, 1.165) is 0 Å². The van der Waals surface area contributed by atoms with Gasteiger partial charge in [0.15, 0.2) is 11.4 Å². The van der Waals surface area contributed by atoms with E-state index in [9.17, 15) is 34.8 Å². The summed E-state index contributed by atoms with van der Waals surface area (Å²) in [6.45, 7) is 3.90. The lowest BCUT2D eigenvalue weighted by Gasteiger charge is -2.56. The number of carbonyl (C=O) groups is 3. The Balaban J connectivity index is 1.89. The molecule has 0 radical (unpaired) electrons. The number of nitrogens with two attached hydrogens (primary N) is 1. The van der Waals surface area contributed by atoms with Crippen molar-refractivity contribution in [2.75, 3.05) is 7.05 Å². The molecule has 6 N–H and O–H groups in total. The number of hydrogen-bond acceptors (Lipinski definition) is 8. The third-order valence-electron chi connectivity index (χ3n) is 8.52. The molecule has 1 aromatic carbocycles. The van der Waals surface area contributed by atoms with E-state index in [4.69, 9.17) is 5.73 Å². The molecule has 4 aliphatic rings. The highest BCUT2D eigenvalue weighted by Gasteiger charge is 2.66. The van der Waals surface area contributed by atoms with Gasteiger partial charge >= 0.3 is 0 Å². The van der Waals surface area contributed by atoms with Gasteiger partial charge in [0.1, 0.15) is 22.8 Å². The molecule has 174 valence electrons. The number of phenolic OH excluding ortho intramolecular Hbond substituents is 1. The molecule has 0 saturated carbocycles. The lowest BCUT2D eigenvalue weighted by atomic mass is 9.53. The van der Waals surface area contributed by atoms with Crippen LogP contribution >= 0.6 is 0 Å². The topological polar surface area (TPSA) is 161 Å². The SMILES string of the molecule is CC1C(C)N(C)[C@@H]2C(O)=C(C(N)=O)C(=O)[C@@]3(O)C(O)=C4C(=O)c5c(O)cccc5[C@H]1[C@H]4C[C@@H]23. The number of benzene rings is 1. The smallest absolute Gasteiger partial charge is 0.255 e. The Morgan fingerprint density at radius 2 is 1.85 bits per heavy atom. The number of hydrogen-bond donors (Lipinski definition) is 5. The molecule has 0 aromatic heterocycles. The molecule has 1 fully saturated rings. The first-order valence-electron chi connectivity index (χ1n) is 11.0. The maximum atomic E-state index is 13.5. The Bertz CT molecular complexity index is 1200. The van der Waals surface area contributed by atoms with Gasteiger partial charge in [-0.15, -0.1) is 0 Å². The Labute approximate surface area is 189 Å². The minimum atomic E-state index is -2.61. The third-order valence-corrected chi connectivity index (χ3v) is 8.52. The largest absolute Gasteiger partial charge is 0.510 e. The van der Waals surface area contributed by atoms with Gasteiger partial charge in [-0.05, 0) is 49.8 Å². The summed E-state index contributed by atoms with van der Waals surface area (Å²) in [7, 11) is 1.71. The van der Waals surface area contributed by atoms with Crippen molar-refractivity contribution in [1.29, 1.82) is 0 Å². The summed E-state index contributed by atoms with van der Waals surface area (Å²) in [5.41, 5.74) is 2.56. The molecular weight excluding hydrogens is 428 g/mol. The number of aliphatic hydroxyl groups is 3. The van der Waals surface area contributed by atoms with Crippen molar-refractivity contribution in [3.63, 3.8) is 0 Å². The van der Waals surface area contributed by atoms with Gasteiger partial charge in [0.2, 0.25) is 5.78 Å². The highest BCUT2D eigenvalue weighted by molar-refractivity contribution is 6.24. The predicted octanol–water partition coefficient (Wildman–Crippen LogP) is 1.07. The number of likely N-dealkylation sites (N-methyl/N-ethyl adjacent to an activating group) is 1. The number of likely N-dealkylation sites (tertiary alicyclic amines) is 1. The average molecular weight is 454 g/mol. The standard InChI is InChI=1S/C24H26N2O7/c1-8-9(2)26(3)18-12-7-11-14(8)10-5-4-6-13(27)15(10)19(28)16(11)21(30)24(12,33)22(31)17(20(18)29)23(25)32/h4-6,8-9,11-12,14,18,27,29-30,33H,7H2,1-3H3,(H2,25,32)/t8?,9?,11-,12+,14+,18+,24+/m1/s1. The van der Waals surface area contributed by atoms with Gasteiger partial charge in [0, 0.05) is 17.5 Å². The second-order valence-electron chi connectivity index (χ2n) is 9.74. The highest BCUT2D eigenvalue weighted by atomic mass is 16.3. The quantitative estimate of drug-likeness (QED) is 0.394. The first kappa shape index (κ1) is 21.7. The monoisotopic (exact) mass is 454 g/mol. The number of ketones is 2. The molecule has 1 amide bonds. The zero-order valence-electron chi connectivity index (χ0n) is 18.4. The number of rotatable bonds is 1. The first-order chi connectivity index (χ1) is 15.4. The van der Waals surface area contributed by atoms with E-state index in [-0.39, 0.29) is 41.2 Å². The summed E-state index contributed by atoms with van der Waals surface area (Å²) >= 11 is 0. The summed E-state index contributed by atoms with van der Waals surface area (Å²) < 4.78 is 0. The minimum absolute atomic E-state index is 0.0398. The van der Waals surface area contributed by atoms with E-state index >= 15 is 0 Å². The Morgan fingerprint density at radius 3 is 2.48 bits per heavy atom. The summed E-state index contributed by atoms with van der Waals surface area (Å²) in [5, 5.41) is 44.5. The van der Waals surface area contributed by atoms with Gasteiger partial charge in [0.05, 0.1) is 11.6 Å². The molecule has 7 atom stereocenters. The number of nitrogens with zero attached hydrogens (tertiary/aromatic N) is 1. The Morgan fingerprint density at radius 1 is 1.18 bits per heavy atom. The van der Waals surface area contributed by atoms with Crippen LogP contribution in [0.15, 0.2) is 40.9 Å². The van der Waals surface area contributed by atoms with Crippen molar-refractivity contribution in [3.8, 4) is 5.75 Å². The van der Waals surface area contributed by atoms with Gasteiger partial charge in [0.25, 0.3) is 5.91 Å². The summed E-state index contributed by atoms with van der Waals surface area (Å²) in [6, 6.07) is 3.60. The van der Waals surface area contributed by atoms with Crippen molar-refractivity contribution in [1.82, 2.24) is 4.90 Å². The van der Waals surface area contributed by atoms with E-state index in [1.165, 1.54) is 6.07 Å². The summed E-state index contributed by atoms with van der Waals surface area (Å²) in [4.78, 5) is 40.7. The van der Waals surface area contributed by atoms with E-state index < -0.39 is 58.0 Å². The minimum Gasteiger partial charge on any atom is -0.510 e. The van der Waals surface area contributed by atoms with Crippen LogP contribution < -0.4 is 5.73 Å². The van der Waals surface area contributed by atoms with Crippen molar-refractivity contribution >= 4 is 17.5 Å². The van der Waals surface area contributed by atoms with Gasteiger partial charge in [-0.25, -0.2) is 0 Å². The van der Waals surface area contributed by atoms with Crippen molar-refractivity contribution < 1.29 is 34.8 Å². The van der Waals surface area contributed by atoms with E-state index in [0.29, 0.717) is 5.56 Å². The lowest BCUT2D eigenvalue weighted by molar-refractivity contribution is -0.152. The first-order valence-corrected chi connectivity index (χ1v) is 11.0. The molecule has 2 unspecified atom stereocenters. The van der Waals surface area contributed by atoms with Crippen LogP contribution in [0.25, 0.3) is 0 Å². The molecule has 1 aliphatic heterocycles. The molecule has 2 bridgehead atoms. The van der Waals surface area contributed by atoms with Gasteiger partial charge in [-0.2, -0.15) is 0 Å². The van der Waals surface area contributed by atoms with Crippen LogP contribution in [0.2, 0.25) is 0 Å². The average Bonchev–Trinajstić information content (AvgIpc) is 2.74. The van der Waals surface area contributed by atoms with Crippen molar-refractivity contribution in [2.24, 2.45) is 23.5 Å². The number of aromatic hydroxyl groups is 1. The van der Waals surface area contributed by atoms with Crippen molar-refractivity contribution in [2.45, 2.75) is 43.9 Å². The van der Waals surface area contributed by atoms with Gasteiger partial charge in [-0.1, -0.05) is 19.1 Å². The highest BCUT2D eigenvalue weighted by Crippen LogP contribution is 2.59. The zero-order chi connectivity index (χ0) is 24.1. The van der Waals surface area contributed by atoms with E-state index in [1.807, 2.05) is 13.8 Å². The van der Waals surface area contributed by atoms with E-state index in [1.54, 1.807) is 24.1 Å². The fourth-order valence-electron chi connectivity index (χ4n) is 6.72. The van der Waals surface area contributed by atoms with Crippen LogP contribution in [0.5, 0.6) is 5.75 Å². The Hall–Kier alpha value is -3.17. The number of aliphatic hydroxyl groups excluding tert-OH is 2. The van der Waals surface area contributed by atoms with Crippen LogP contribution in [-0.2, 0) is 9.59 Å². The zero-order valence-corrected chi connectivity index (χ0v) is 18.4. The number of phenols is 1. The molecule has 33 heavy (non-hydrogen) atoms. The Kier molecular flexibility index (Phi) is 4.38. The number of Topliss-reactive ketones (excluding diaryl/α,β-unsaturated/α-hetero) is 2. The fraction of sp³-hybridized carbons (Fsp3) is 0.458. The number of allylic oxidation sites excluding steroid dienone is 1. The van der Waals surface area contributed by atoms with Crippen LogP contribution in [-0.4, -0.2) is 67.5 Å². The fourth-order valence-corrected chi connectivity index (χ4v) is 6.72. The van der Waals surface area contributed by atoms with Crippen LogP contribution in [0, 0.1) is 17.8 Å². The molecular formula is C24H26N2O7. The maximum absolute atomic E-state index is 13.5. The third kappa shape index (κ3) is 2.41. The number of fused-ring (bicyclic) bond motifs is 2. The molecule has 5 rings (SSSR count). The second-order valence-corrected chi connectivity index (χ2v) is 9.74. The second kappa shape index (κ2) is 6.68. The molecule has 3 aliphatic carbocycles. The molecule has 9 nitrogen and oxygen atoms in total. The van der Waals surface area contributed by atoms with Gasteiger partial charge in [-0.3, -0.25) is 19.3 Å². The molecule has 1 saturated heterocycles. The van der Waals surface area contributed by atoms with Crippen LogP contribution in [0.1, 0.15) is 42.1 Å². The van der Waals surface area contributed by atoms with Crippen LogP contribution in [0.4, 0.5) is 0 Å². The predicted molar refractivity (Wildman–Crippen MR) is 115 cm³/mol. The molecule has 0 spiro atoms. The number of carbonyl (C=O) groups excluding carboxylic acids is 3. The van der Waals surface area contributed by atoms with Crippen LogP contribution in [0.3, 0.4) is 0 Å². The molecule has 1 heterocycles. The lowest BCUT2D eigenvalue weighted by Crippen LogP contribution is -2.67.